The highest BCUT2D eigenvalue weighted by Gasteiger charge is 2.13. The number of hydrogen-bond acceptors (Lipinski definition) is 3. The van der Waals surface area contributed by atoms with Crippen LogP contribution in [-0.2, 0) is 9.53 Å². The van der Waals surface area contributed by atoms with Gasteiger partial charge in [0.1, 0.15) is 6.54 Å². The van der Waals surface area contributed by atoms with Crippen LogP contribution >= 0.6 is 24.0 Å². The number of likely N-dealkylation sites (N-methyl/N-ethyl adjacent to an activating group) is 1. The molecule has 0 spiro atoms. The van der Waals surface area contributed by atoms with E-state index in [9.17, 15) is 4.79 Å². The lowest BCUT2D eigenvalue weighted by atomic mass is 10.1. The second-order valence-corrected chi connectivity index (χ2v) is 5.33. The van der Waals surface area contributed by atoms with Crippen molar-refractivity contribution in [2.45, 2.75) is 31.8 Å². The Morgan fingerprint density at radius 1 is 1.41 bits per heavy atom. The van der Waals surface area contributed by atoms with E-state index in [-0.39, 0.29) is 36.4 Å². The number of hydrogen-bond donors (Lipinski definition) is 2. The van der Waals surface area contributed by atoms with Gasteiger partial charge in [-0.1, -0.05) is 6.08 Å². The Kier molecular flexibility index (Phi) is 12.2. The molecule has 0 aromatic rings. The first-order valence-electron chi connectivity index (χ1n) is 7.58. The molecule has 2 N–H and O–H groups in total. The van der Waals surface area contributed by atoms with Gasteiger partial charge in [-0.25, -0.2) is 4.99 Å². The second kappa shape index (κ2) is 12.7. The van der Waals surface area contributed by atoms with Crippen LogP contribution in [0.3, 0.4) is 0 Å². The lowest BCUT2D eigenvalue weighted by Crippen LogP contribution is -2.40. The number of rotatable bonds is 7. The van der Waals surface area contributed by atoms with Crippen LogP contribution in [0.25, 0.3) is 0 Å². The van der Waals surface area contributed by atoms with Gasteiger partial charge in [-0.3, -0.25) is 4.79 Å². The second-order valence-electron chi connectivity index (χ2n) is 5.33. The van der Waals surface area contributed by atoms with E-state index in [0.29, 0.717) is 18.6 Å². The van der Waals surface area contributed by atoms with E-state index >= 15 is 0 Å². The van der Waals surface area contributed by atoms with Crippen molar-refractivity contribution < 1.29 is 9.53 Å². The molecule has 1 amide bonds. The van der Waals surface area contributed by atoms with E-state index in [2.05, 4.69) is 22.2 Å². The van der Waals surface area contributed by atoms with E-state index in [1.165, 1.54) is 17.7 Å². The highest BCUT2D eigenvalue weighted by atomic mass is 127. The molecule has 1 atom stereocenters. The van der Waals surface area contributed by atoms with E-state index in [1.807, 2.05) is 0 Å². The number of amides is 1. The minimum Gasteiger partial charge on any atom is -0.378 e. The predicted molar refractivity (Wildman–Crippen MR) is 101 cm³/mol. The number of halogens is 1. The zero-order valence-electron chi connectivity index (χ0n) is 13.6. The van der Waals surface area contributed by atoms with Gasteiger partial charge in [0, 0.05) is 33.8 Å². The highest BCUT2D eigenvalue weighted by molar-refractivity contribution is 14.0. The number of carbonyl (C=O) groups is 1. The van der Waals surface area contributed by atoms with Crippen LogP contribution in [0.4, 0.5) is 0 Å². The summed E-state index contributed by atoms with van der Waals surface area (Å²) in [5, 5.41) is 6.35. The molecule has 1 heterocycles. The average molecular weight is 424 g/mol. The van der Waals surface area contributed by atoms with Crippen LogP contribution in [0.15, 0.2) is 17.6 Å². The molecule has 1 saturated heterocycles. The SMILES string of the molecule is C=CCNC(=NCC(=O)N(C)C)NCCC1CCCCO1.I. The van der Waals surface area contributed by atoms with Gasteiger partial charge < -0.3 is 20.3 Å². The minimum absolute atomic E-state index is 0. The number of nitrogens with one attached hydrogen (secondary N) is 2. The van der Waals surface area contributed by atoms with Gasteiger partial charge in [0.15, 0.2) is 5.96 Å². The van der Waals surface area contributed by atoms with Gasteiger partial charge in [0.25, 0.3) is 0 Å². The molecule has 1 aliphatic rings. The molecule has 128 valence electrons. The fourth-order valence-corrected chi connectivity index (χ4v) is 2.02. The molecule has 0 aliphatic carbocycles. The third kappa shape index (κ3) is 9.24. The zero-order valence-corrected chi connectivity index (χ0v) is 16.0. The fraction of sp³-hybridized carbons (Fsp3) is 0.733. The van der Waals surface area contributed by atoms with Crippen molar-refractivity contribution in [1.82, 2.24) is 15.5 Å². The monoisotopic (exact) mass is 424 g/mol. The minimum atomic E-state index is -0.0229. The molecule has 22 heavy (non-hydrogen) atoms. The number of aliphatic imine (C=N–C) groups is 1. The van der Waals surface area contributed by atoms with Gasteiger partial charge in [0.05, 0.1) is 6.10 Å². The van der Waals surface area contributed by atoms with Crippen LogP contribution in [0, 0.1) is 0 Å². The molecular weight excluding hydrogens is 395 g/mol. The molecule has 0 aromatic carbocycles. The van der Waals surface area contributed by atoms with Crippen LogP contribution < -0.4 is 10.6 Å². The lowest BCUT2D eigenvalue weighted by molar-refractivity contribution is -0.127. The van der Waals surface area contributed by atoms with Crippen LogP contribution in [-0.4, -0.2) is 63.2 Å². The fourth-order valence-electron chi connectivity index (χ4n) is 2.02. The van der Waals surface area contributed by atoms with E-state index < -0.39 is 0 Å². The average Bonchev–Trinajstić information content (AvgIpc) is 2.50. The molecule has 1 fully saturated rings. The molecule has 7 heteroatoms. The van der Waals surface area contributed by atoms with Gasteiger partial charge in [-0.15, -0.1) is 30.6 Å². The largest absolute Gasteiger partial charge is 0.378 e. The van der Waals surface area contributed by atoms with E-state index in [1.54, 1.807) is 20.2 Å². The van der Waals surface area contributed by atoms with Gasteiger partial charge in [-0.2, -0.15) is 0 Å². The summed E-state index contributed by atoms with van der Waals surface area (Å²) in [6.07, 6.45) is 6.61. The maximum Gasteiger partial charge on any atom is 0.243 e. The molecule has 0 bridgehead atoms. The molecule has 6 nitrogen and oxygen atoms in total. The summed E-state index contributed by atoms with van der Waals surface area (Å²) in [4.78, 5) is 17.4. The van der Waals surface area contributed by atoms with Crippen LogP contribution in [0.2, 0.25) is 0 Å². The van der Waals surface area contributed by atoms with E-state index in [4.69, 9.17) is 4.74 Å². The van der Waals surface area contributed by atoms with Crippen molar-refractivity contribution in [2.24, 2.45) is 4.99 Å². The Bertz CT molecular complexity index is 355. The summed E-state index contributed by atoms with van der Waals surface area (Å²) < 4.78 is 5.69. The summed E-state index contributed by atoms with van der Waals surface area (Å²) in [7, 11) is 3.45. The Morgan fingerprint density at radius 3 is 2.77 bits per heavy atom. The Labute approximate surface area is 150 Å². The molecule has 1 unspecified atom stereocenters. The van der Waals surface area contributed by atoms with Crippen molar-refractivity contribution in [3.8, 4) is 0 Å². The quantitative estimate of drug-likeness (QED) is 0.281. The summed E-state index contributed by atoms with van der Waals surface area (Å²) >= 11 is 0. The van der Waals surface area contributed by atoms with Crippen molar-refractivity contribution in [3.05, 3.63) is 12.7 Å². The topological polar surface area (TPSA) is 66.0 Å². The van der Waals surface area contributed by atoms with Crippen molar-refractivity contribution in [1.29, 1.82) is 0 Å². The van der Waals surface area contributed by atoms with Gasteiger partial charge >= 0.3 is 0 Å². The predicted octanol–water partition coefficient (Wildman–Crippen LogP) is 1.37. The summed E-state index contributed by atoms with van der Waals surface area (Å²) in [5.74, 6) is 0.617. The first kappa shape index (κ1) is 21.2. The van der Waals surface area contributed by atoms with Gasteiger partial charge in [-0.05, 0) is 25.7 Å². The smallest absolute Gasteiger partial charge is 0.243 e. The standard InChI is InChI=1S/C15H28N4O2.HI/c1-4-9-16-15(18-12-14(20)19(2)3)17-10-8-13-7-5-6-11-21-13;/h4,13H,1,5-12H2,2-3H3,(H2,16,17,18);1H. The number of guanidine groups is 1. The Hall–Kier alpha value is -0.830. The maximum atomic E-state index is 11.6. The van der Waals surface area contributed by atoms with E-state index in [0.717, 1.165) is 26.0 Å². The molecule has 0 radical (unpaired) electrons. The normalized spacial score (nSPS) is 18.1. The highest BCUT2D eigenvalue weighted by Crippen LogP contribution is 2.14. The lowest BCUT2D eigenvalue weighted by Gasteiger charge is -2.23. The third-order valence-corrected chi connectivity index (χ3v) is 3.32. The van der Waals surface area contributed by atoms with Crippen molar-refractivity contribution in [2.75, 3.05) is 40.3 Å². The first-order chi connectivity index (χ1) is 10.1. The zero-order chi connectivity index (χ0) is 15.5. The Balaban J connectivity index is 0.00000441. The summed E-state index contributed by atoms with van der Waals surface area (Å²) in [6.45, 7) is 6.07. The van der Waals surface area contributed by atoms with Crippen LogP contribution in [0.1, 0.15) is 25.7 Å². The number of ether oxygens (including phenoxy) is 1. The maximum absolute atomic E-state index is 11.6. The van der Waals surface area contributed by atoms with Crippen LogP contribution in [0.5, 0.6) is 0 Å². The summed E-state index contributed by atoms with van der Waals surface area (Å²) in [6, 6.07) is 0. The molecule has 0 saturated carbocycles. The van der Waals surface area contributed by atoms with Crippen molar-refractivity contribution >= 4 is 35.8 Å². The number of carbonyl (C=O) groups excluding carboxylic acids is 1. The van der Waals surface area contributed by atoms with Gasteiger partial charge in [0.2, 0.25) is 5.91 Å². The first-order valence-corrected chi connectivity index (χ1v) is 7.58. The summed E-state index contributed by atoms with van der Waals surface area (Å²) in [5.41, 5.74) is 0. The Morgan fingerprint density at radius 2 is 2.18 bits per heavy atom. The molecule has 1 rings (SSSR count). The van der Waals surface area contributed by atoms with Crippen molar-refractivity contribution in [3.63, 3.8) is 0 Å². The number of nitrogens with zero attached hydrogens (tertiary/aromatic N) is 2. The third-order valence-electron chi connectivity index (χ3n) is 3.32. The molecule has 0 aromatic heterocycles. The molecular formula is C15H29IN4O2. The molecule has 1 aliphatic heterocycles.